The van der Waals surface area contributed by atoms with Gasteiger partial charge in [-0.05, 0) is 36.8 Å². The molecule has 0 spiro atoms. The topological polar surface area (TPSA) is 46.2 Å². The zero-order chi connectivity index (χ0) is 12.8. The number of rotatable bonds is 5. The Hall–Kier alpha value is -1.64. The van der Waals surface area contributed by atoms with Gasteiger partial charge in [-0.15, -0.1) is 0 Å². The fourth-order valence-corrected chi connectivity index (χ4v) is 2.46. The monoisotopic (exact) mass is 245 g/mol. The van der Waals surface area contributed by atoms with E-state index >= 15 is 0 Å². The van der Waals surface area contributed by atoms with Crippen molar-refractivity contribution in [3.05, 3.63) is 35.4 Å². The summed E-state index contributed by atoms with van der Waals surface area (Å²) in [5.74, 6) is 0.228. The first-order valence-corrected chi connectivity index (χ1v) is 6.59. The van der Waals surface area contributed by atoms with E-state index in [0.717, 1.165) is 32.0 Å². The fourth-order valence-electron chi connectivity index (χ4n) is 2.46. The zero-order valence-electron chi connectivity index (χ0n) is 10.5. The van der Waals surface area contributed by atoms with Crippen LogP contribution in [0.15, 0.2) is 24.3 Å². The van der Waals surface area contributed by atoms with Crippen molar-refractivity contribution in [1.82, 2.24) is 5.32 Å². The van der Waals surface area contributed by atoms with E-state index in [9.17, 15) is 9.59 Å². The average molecular weight is 245 g/mol. The van der Waals surface area contributed by atoms with E-state index in [-0.39, 0.29) is 11.8 Å². The molecule has 1 aromatic rings. The molecule has 1 aliphatic carbocycles. The van der Waals surface area contributed by atoms with Crippen LogP contribution in [0, 0.1) is 5.92 Å². The molecule has 1 unspecified atom stereocenters. The van der Waals surface area contributed by atoms with Gasteiger partial charge in [0.1, 0.15) is 6.29 Å². The Morgan fingerprint density at radius 2 is 2.11 bits per heavy atom. The molecule has 1 amide bonds. The largest absolute Gasteiger partial charge is 0.356 e. The third kappa shape index (κ3) is 3.19. The number of nitrogens with one attached hydrogen (secondary N) is 1. The van der Waals surface area contributed by atoms with Gasteiger partial charge in [-0.25, -0.2) is 0 Å². The molecule has 1 aliphatic rings. The lowest BCUT2D eigenvalue weighted by Gasteiger charge is -2.23. The lowest BCUT2D eigenvalue weighted by atomic mass is 9.83. The smallest absolute Gasteiger partial charge is 0.223 e. The lowest BCUT2D eigenvalue weighted by Crippen LogP contribution is -2.34. The number of fused-ring (bicyclic) bond motifs is 1. The summed E-state index contributed by atoms with van der Waals surface area (Å²) in [5, 5.41) is 2.92. The maximum Gasteiger partial charge on any atom is 0.223 e. The van der Waals surface area contributed by atoms with E-state index in [0.29, 0.717) is 13.0 Å². The first-order chi connectivity index (χ1) is 8.81. The normalized spacial score (nSPS) is 17.9. The molecule has 0 fully saturated rings. The van der Waals surface area contributed by atoms with Crippen LogP contribution in [0.2, 0.25) is 0 Å². The second-order valence-corrected chi connectivity index (χ2v) is 4.81. The highest BCUT2D eigenvalue weighted by Gasteiger charge is 2.23. The van der Waals surface area contributed by atoms with Crippen molar-refractivity contribution in [2.24, 2.45) is 5.92 Å². The van der Waals surface area contributed by atoms with Crippen LogP contribution in [0.25, 0.3) is 0 Å². The Morgan fingerprint density at radius 1 is 1.33 bits per heavy atom. The van der Waals surface area contributed by atoms with Gasteiger partial charge in [0.05, 0.1) is 0 Å². The summed E-state index contributed by atoms with van der Waals surface area (Å²) >= 11 is 0. The second kappa shape index (κ2) is 6.34. The van der Waals surface area contributed by atoms with E-state index in [1.54, 1.807) is 0 Å². The number of hydrogen-bond acceptors (Lipinski definition) is 2. The van der Waals surface area contributed by atoms with Gasteiger partial charge in [-0.2, -0.15) is 0 Å². The van der Waals surface area contributed by atoms with Gasteiger partial charge in [0.25, 0.3) is 0 Å². The Bertz CT molecular complexity index is 428. The highest BCUT2D eigenvalue weighted by molar-refractivity contribution is 5.79. The summed E-state index contributed by atoms with van der Waals surface area (Å²) in [5.41, 5.74) is 2.68. The van der Waals surface area contributed by atoms with Crippen LogP contribution in [0.4, 0.5) is 0 Å². The first-order valence-electron chi connectivity index (χ1n) is 6.59. The Labute approximate surface area is 108 Å². The van der Waals surface area contributed by atoms with Crippen molar-refractivity contribution in [1.29, 1.82) is 0 Å². The molecule has 3 nitrogen and oxygen atoms in total. The van der Waals surface area contributed by atoms with Crippen molar-refractivity contribution in [2.75, 3.05) is 6.54 Å². The summed E-state index contributed by atoms with van der Waals surface area (Å²) < 4.78 is 0. The van der Waals surface area contributed by atoms with Gasteiger partial charge < -0.3 is 10.1 Å². The molecule has 0 radical (unpaired) electrons. The van der Waals surface area contributed by atoms with Crippen molar-refractivity contribution in [2.45, 2.75) is 32.1 Å². The van der Waals surface area contributed by atoms with Crippen LogP contribution in [0.1, 0.15) is 30.4 Å². The summed E-state index contributed by atoms with van der Waals surface area (Å²) in [4.78, 5) is 22.1. The summed E-state index contributed by atoms with van der Waals surface area (Å²) in [6, 6.07) is 8.34. The molecular formula is C15H19NO2. The maximum absolute atomic E-state index is 12.0. The second-order valence-electron chi connectivity index (χ2n) is 4.81. The Kier molecular flexibility index (Phi) is 4.51. The van der Waals surface area contributed by atoms with Gasteiger partial charge in [-0.3, -0.25) is 4.79 Å². The molecule has 18 heavy (non-hydrogen) atoms. The molecule has 0 heterocycles. The lowest BCUT2D eigenvalue weighted by molar-refractivity contribution is -0.125. The van der Waals surface area contributed by atoms with Gasteiger partial charge >= 0.3 is 0 Å². The molecule has 0 aliphatic heterocycles. The number of benzene rings is 1. The van der Waals surface area contributed by atoms with Gasteiger partial charge in [-0.1, -0.05) is 24.3 Å². The van der Waals surface area contributed by atoms with Crippen LogP contribution in [-0.2, 0) is 22.4 Å². The summed E-state index contributed by atoms with van der Waals surface area (Å²) in [7, 11) is 0. The van der Waals surface area contributed by atoms with Gasteiger partial charge in [0.15, 0.2) is 0 Å². The highest BCUT2D eigenvalue weighted by atomic mass is 16.1. The van der Waals surface area contributed by atoms with Crippen molar-refractivity contribution >= 4 is 12.2 Å². The van der Waals surface area contributed by atoms with Crippen molar-refractivity contribution < 1.29 is 9.59 Å². The van der Waals surface area contributed by atoms with Gasteiger partial charge in [0, 0.05) is 18.9 Å². The summed E-state index contributed by atoms with van der Waals surface area (Å²) in [6.45, 7) is 0.607. The predicted octanol–water partition coefficient (Wildman–Crippen LogP) is 1.89. The van der Waals surface area contributed by atoms with E-state index in [1.165, 1.54) is 11.1 Å². The number of hydrogen-bond donors (Lipinski definition) is 1. The van der Waals surface area contributed by atoms with Crippen LogP contribution in [0.5, 0.6) is 0 Å². The van der Waals surface area contributed by atoms with Crippen molar-refractivity contribution in [3.63, 3.8) is 0 Å². The number of amides is 1. The first kappa shape index (κ1) is 12.8. The highest BCUT2D eigenvalue weighted by Crippen LogP contribution is 2.25. The quantitative estimate of drug-likeness (QED) is 0.636. The van der Waals surface area contributed by atoms with Crippen LogP contribution >= 0.6 is 0 Å². The minimum atomic E-state index is 0.0936. The molecule has 0 bridgehead atoms. The number of unbranched alkanes of at least 4 members (excludes halogenated alkanes) is 1. The van der Waals surface area contributed by atoms with Crippen molar-refractivity contribution in [3.8, 4) is 0 Å². The molecule has 2 rings (SSSR count). The molecular weight excluding hydrogens is 226 g/mol. The molecule has 0 aromatic heterocycles. The van der Waals surface area contributed by atoms with E-state index in [2.05, 4.69) is 23.5 Å². The van der Waals surface area contributed by atoms with Crippen LogP contribution in [0.3, 0.4) is 0 Å². The van der Waals surface area contributed by atoms with E-state index < -0.39 is 0 Å². The minimum Gasteiger partial charge on any atom is -0.356 e. The Morgan fingerprint density at radius 3 is 2.89 bits per heavy atom. The van der Waals surface area contributed by atoms with E-state index in [4.69, 9.17) is 0 Å². The standard InChI is InChI=1S/C15H19NO2/c17-10-4-3-9-16-15(18)14-8-7-12-5-1-2-6-13(12)11-14/h1-2,5-6,10,14H,3-4,7-9,11H2,(H,16,18). The fraction of sp³-hybridized carbons (Fsp3) is 0.467. The summed E-state index contributed by atoms with van der Waals surface area (Å²) in [6.07, 6.45) is 4.91. The molecule has 0 saturated heterocycles. The zero-order valence-corrected chi connectivity index (χ0v) is 10.5. The SMILES string of the molecule is O=CCCCNC(=O)C1CCc2ccccc2C1. The van der Waals surface area contributed by atoms with Crippen LogP contribution in [-0.4, -0.2) is 18.7 Å². The minimum absolute atomic E-state index is 0.0936. The number of aryl methyl sites for hydroxylation is 1. The third-order valence-electron chi connectivity index (χ3n) is 3.52. The molecule has 1 atom stereocenters. The number of aldehydes is 1. The number of carbonyl (C=O) groups is 2. The van der Waals surface area contributed by atoms with Crippen LogP contribution < -0.4 is 5.32 Å². The average Bonchev–Trinajstić information content (AvgIpc) is 2.43. The van der Waals surface area contributed by atoms with E-state index in [1.807, 2.05) is 6.07 Å². The third-order valence-corrected chi connectivity index (χ3v) is 3.52. The van der Waals surface area contributed by atoms with Gasteiger partial charge in [0.2, 0.25) is 5.91 Å². The molecule has 3 heteroatoms. The molecule has 1 N–H and O–H groups in total. The predicted molar refractivity (Wildman–Crippen MR) is 70.3 cm³/mol. The Balaban J connectivity index is 1.85. The molecule has 0 saturated carbocycles. The molecule has 1 aromatic carbocycles. The maximum atomic E-state index is 12.0. The number of carbonyl (C=O) groups excluding carboxylic acids is 2. The molecule has 96 valence electrons.